The number of benzene rings is 3. The Kier molecular flexibility index (Phi) is 5.24. The minimum atomic E-state index is 0.0337. The molecule has 0 unspecified atom stereocenters. The van der Waals surface area contributed by atoms with Crippen molar-refractivity contribution in [2.24, 2.45) is 5.92 Å². The fourth-order valence-corrected chi connectivity index (χ4v) is 7.50. The molecule has 0 radical (unpaired) electrons. The van der Waals surface area contributed by atoms with Gasteiger partial charge in [0.2, 0.25) is 0 Å². The van der Waals surface area contributed by atoms with E-state index in [1.54, 1.807) is 17.7 Å². The lowest BCUT2D eigenvalue weighted by molar-refractivity contribution is 0.596. The lowest BCUT2D eigenvalue weighted by Crippen LogP contribution is -2.12. The molecule has 0 aliphatic rings. The zero-order chi connectivity index (χ0) is 24.5. The first-order valence-electron chi connectivity index (χ1n) is 12.3. The van der Waals surface area contributed by atoms with Crippen LogP contribution in [0.2, 0.25) is 0 Å². The first-order chi connectivity index (χ1) is 16.7. The van der Waals surface area contributed by atoms with Crippen molar-refractivity contribution in [1.29, 1.82) is 0 Å². The van der Waals surface area contributed by atoms with Gasteiger partial charge in [0, 0.05) is 30.6 Å². The fraction of sp³-hybridized carbons (Fsp3) is 0.290. The molecule has 3 heterocycles. The maximum absolute atomic E-state index is 4.87. The number of aryl methyl sites for hydroxylation is 1. The standard InChI is InChI=1S/C31H30N2S2/c1-17(2)11-22-18(3)34-26-15-24-27(14-23(22)26)35-30-28(24)29(32-16-33-30)20-12-19-9-7-8-10-21(19)25(13-20)31(4,5)6/h7-10,12-17H,11H2,1-6H3. The maximum atomic E-state index is 4.87. The third-order valence-electron chi connectivity index (χ3n) is 6.94. The summed E-state index contributed by atoms with van der Waals surface area (Å²) in [5, 5.41) is 6.45. The molecule has 4 heteroatoms. The number of hydrogen-bond donors (Lipinski definition) is 0. The van der Waals surface area contributed by atoms with Crippen LogP contribution in [0.5, 0.6) is 0 Å². The van der Waals surface area contributed by atoms with Crippen LogP contribution in [0.15, 0.2) is 54.9 Å². The summed E-state index contributed by atoms with van der Waals surface area (Å²) in [6, 6.07) is 18.2. The van der Waals surface area contributed by atoms with Gasteiger partial charge in [-0.2, -0.15) is 0 Å². The van der Waals surface area contributed by atoms with Crippen molar-refractivity contribution >= 4 is 63.8 Å². The van der Waals surface area contributed by atoms with Gasteiger partial charge >= 0.3 is 0 Å². The predicted molar refractivity (Wildman–Crippen MR) is 155 cm³/mol. The molecule has 0 amide bonds. The topological polar surface area (TPSA) is 25.8 Å². The molecule has 0 bridgehead atoms. The van der Waals surface area contributed by atoms with Crippen LogP contribution in [0.25, 0.3) is 52.4 Å². The van der Waals surface area contributed by atoms with E-state index in [9.17, 15) is 0 Å². The highest BCUT2D eigenvalue weighted by atomic mass is 32.1. The van der Waals surface area contributed by atoms with Crippen molar-refractivity contribution < 1.29 is 0 Å². The first-order valence-corrected chi connectivity index (χ1v) is 14.0. The van der Waals surface area contributed by atoms with Crippen molar-refractivity contribution in [2.45, 2.75) is 53.4 Å². The molecule has 35 heavy (non-hydrogen) atoms. The Balaban J connectivity index is 1.65. The van der Waals surface area contributed by atoms with Gasteiger partial charge in [-0.3, -0.25) is 0 Å². The Morgan fingerprint density at radius 1 is 0.857 bits per heavy atom. The average Bonchev–Trinajstić information content (AvgIpc) is 3.32. The van der Waals surface area contributed by atoms with Crippen molar-refractivity contribution in [1.82, 2.24) is 9.97 Å². The van der Waals surface area contributed by atoms with Gasteiger partial charge in [0.15, 0.2) is 0 Å². The van der Waals surface area contributed by atoms with Gasteiger partial charge < -0.3 is 0 Å². The van der Waals surface area contributed by atoms with E-state index in [1.165, 1.54) is 57.9 Å². The van der Waals surface area contributed by atoms with E-state index in [2.05, 4.69) is 90.1 Å². The zero-order valence-electron chi connectivity index (χ0n) is 21.2. The van der Waals surface area contributed by atoms with E-state index in [-0.39, 0.29) is 5.41 Å². The smallest absolute Gasteiger partial charge is 0.128 e. The van der Waals surface area contributed by atoms with Crippen LogP contribution in [0.1, 0.15) is 50.6 Å². The van der Waals surface area contributed by atoms with Crippen molar-refractivity contribution in [3.63, 3.8) is 0 Å². The molecule has 0 spiro atoms. The number of rotatable bonds is 3. The van der Waals surface area contributed by atoms with E-state index in [0.29, 0.717) is 5.92 Å². The fourth-order valence-electron chi connectivity index (χ4n) is 5.32. The molecule has 6 rings (SSSR count). The van der Waals surface area contributed by atoms with Crippen LogP contribution in [-0.2, 0) is 11.8 Å². The maximum Gasteiger partial charge on any atom is 0.128 e. The zero-order valence-corrected chi connectivity index (χ0v) is 22.8. The van der Waals surface area contributed by atoms with Crippen molar-refractivity contribution in [2.75, 3.05) is 0 Å². The second kappa shape index (κ2) is 8.11. The highest BCUT2D eigenvalue weighted by molar-refractivity contribution is 7.26. The third-order valence-corrected chi connectivity index (χ3v) is 9.11. The molecule has 2 nitrogen and oxygen atoms in total. The Labute approximate surface area is 214 Å². The molecule has 3 aromatic heterocycles. The molecule has 3 aromatic carbocycles. The van der Waals surface area contributed by atoms with E-state index in [1.807, 2.05) is 11.3 Å². The molecule has 0 fully saturated rings. The van der Waals surface area contributed by atoms with E-state index in [0.717, 1.165) is 16.9 Å². The van der Waals surface area contributed by atoms with Gasteiger partial charge in [0.1, 0.15) is 11.2 Å². The number of aromatic nitrogens is 2. The molecule has 0 saturated heterocycles. The van der Waals surface area contributed by atoms with Gasteiger partial charge in [0.05, 0.1) is 5.69 Å². The quantitative estimate of drug-likeness (QED) is 0.245. The van der Waals surface area contributed by atoms with Crippen molar-refractivity contribution in [3.8, 4) is 11.3 Å². The summed E-state index contributed by atoms with van der Waals surface area (Å²) >= 11 is 3.71. The summed E-state index contributed by atoms with van der Waals surface area (Å²) in [6.45, 7) is 13.7. The number of hydrogen-bond acceptors (Lipinski definition) is 4. The summed E-state index contributed by atoms with van der Waals surface area (Å²) in [5.74, 6) is 0.645. The summed E-state index contributed by atoms with van der Waals surface area (Å²) < 4.78 is 2.67. The van der Waals surface area contributed by atoms with Crippen LogP contribution < -0.4 is 0 Å². The Morgan fingerprint density at radius 3 is 2.37 bits per heavy atom. The Morgan fingerprint density at radius 2 is 1.60 bits per heavy atom. The molecule has 0 atom stereocenters. The van der Waals surface area contributed by atoms with Gasteiger partial charge in [-0.15, -0.1) is 22.7 Å². The average molecular weight is 495 g/mol. The second-order valence-electron chi connectivity index (χ2n) is 11.1. The summed E-state index contributed by atoms with van der Waals surface area (Å²) in [5.41, 5.74) is 5.10. The molecular weight excluding hydrogens is 464 g/mol. The Bertz CT molecular complexity index is 1750. The lowest BCUT2D eigenvalue weighted by Gasteiger charge is -2.22. The third kappa shape index (κ3) is 3.75. The van der Waals surface area contributed by atoms with Gasteiger partial charge in [0.25, 0.3) is 0 Å². The summed E-state index contributed by atoms with van der Waals surface area (Å²) in [4.78, 5) is 12.1. The van der Waals surface area contributed by atoms with Crippen LogP contribution in [0.3, 0.4) is 0 Å². The van der Waals surface area contributed by atoms with Crippen LogP contribution in [-0.4, -0.2) is 9.97 Å². The molecule has 0 N–H and O–H groups in total. The minimum Gasteiger partial charge on any atom is -0.236 e. The van der Waals surface area contributed by atoms with Crippen LogP contribution in [0, 0.1) is 12.8 Å². The van der Waals surface area contributed by atoms with Gasteiger partial charge in [-0.25, -0.2) is 9.97 Å². The number of fused-ring (bicyclic) bond motifs is 5. The van der Waals surface area contributed by atoms with Crippen LogP contribution in [0.4, 0.5) is 0 Å². The predicted octanol–water partition coefficient (Wildman–Crippen LogP) is 9.68. The highest BCUT2D eigenvalue weighted by Crippen LogP contribution is 2.44. The molecular formula is C31H30N2S2. The SMILES string of the molecule is Cc1sc2cc3c(cc2c1CC(C)C)sc1ncnc(-c2cc(C(C)(C)C)c4ccccc4c2)c13. The van der Waals surface area contributed by atoms with Crippen molar-refractivity contribution in [3.05, 3.63) is 70.9 Å². The van der Waals surface area contributed by atoms with E-state index in [4.69, 9.17) is 9.97 Å². The van der Waals surface area contributed by atoms with Crippen LogP contribution >= 0.6 is 22.7 Å². The molecule has 176 valence electrons. The van der Waals surface area contributed by atoms with E-state index < -0.39 is 0 Å². The molecule has 0 aliphatic carbocycles. The molecule has 6 aromatic rings. The first kappa shape index (κ1) is 22.6. The lowest BCUT2D eigenvalue weighted by atomic mass is 9.82. The molecule has 0 aliphatic heterocycles. The molecule has 0 saturated carbocycles. The highest BCUT2D eigenvalue weighted by Gasteiger charge is 2.21. The van der Waals surface area contributed by atoms with Gasteiger partial charge in [-0.05, 0) is 76.2 Å². The summed E-state index contributed by atoms with van der Waals surface area (Å²) in [6.07, 6.45) is 2.86. The second-order valence-corrected chi connectivity index (χ2v) is 13.4. The van der Waals surface area contributed by atoms with E-state index >= 15 is 0 Å². The number of nitrogens with zero attached hydrogens (tertiary/aromatic N) is 2. The largest absolute Gasteiger partial charge is 0.236 e. The number of thiophene rings is 2. The monoisotopic (exact) mass is 494 g/mol. The normalized spacial score (nSPS) is 12.7. The minimum absolute atomic E-state index is 0.0337. The summed E-state index contributed by atoms with van der Waals surface area (Å²) in [7, 11) is 0. The Hall–Kier alpha value is -2.82. The van der Waals surface area contributed by atoms with Gasteiger partial charge in [-0.1, -0.05) is 58.9 Å².